The van der Waals surface area contributed by atoms with E-state index in [1.54, 1.807) is 11.3 Å². The molecular formula is C45H28N2S. The molecule has 48 heavy (non-hydrogen) atoms. The summed E-state index contributed by atoms with van der Waals surface area (Å²) < 4.78 is 3.70. The molecule has 0 saturated carbocycles. The van der Waals surface area contributed by atoms with Crippen molar-refractivity contribution in [2.45, 2.75) is 0 Å². The zero-order chi connectivity index (χ0) is 31.6. The predicted molar refractivity (Wildman–Crippen MR) is 205 cm³/mol. The van der Waals surface area contributed by atoms with Crippen LogP contribution in [0.4, 0.5) is 0 Å². The molecule has 0 amide bonds. The summed E-state index contributed by atoms with van der Waals surface area (Å²) in [4.78, 5) is 6.21. The lowest BCUT2D eigenvalue weighted by Gasteiger charge is -2.13. The Bertz CT molecular complexity index is 2730. The Morgan fingerprint density at radius 2 is 1.00 bits per heavy atom. The largest absolute Gasteiger partial charge is 0.309 e. The van der Waals surface area contributed by atoms with Crippen molar-refractivity contribution in [2.24, 2.45) is 0 Å². The van der Waals surface area contributed by atoms with E-state index in [4.69, 9.17) is 4.98 Å². The van der Waals surface area contributed by atoms with Crippen molar-refractivity contribution in [1.82, 2.24) is 9.55 Å². The fourth-order valence-electron chi connectivity index (χ4n) is 7.40. The normalized spacial score (nSPS) is 11.8. The second-order valence-electron chi connectivity index (χ2n) is 12.4. The molecule has 10 rings (SSSR count). The van der Waals surface area contributed by atoms with Gasteiger partial charge in [-0.3, -0.25) is 0 Å². The van der Waals surface area contributed by atoms with E-state index in [2.05, 4.69) is 174 Å². The molecule has 10 aromatic rings. The number of hydrogen-bond donors (Lipinski definition) is 0. The van der Waals surface area contributed by atoms with Gasteiger partial charge in [0.05, 0.1) is 16.6 Å². The Balaban J connectivity index is 1.25. The molecule has 3 heterocycles. The third kappa shape index (κ3) is 4.22. The maximum atomic E-state index is 5.13. The van der Waals surface area contributed by atoms with Crippen molar-refractivity contribution in [2.75, 3.05) is 0 Å². The lowest BCUT2D eigenvalue weighted by molar-refractivity contribution is 1.18. The van der Waals surface area contributed by atoms with E-state index >= 15 is 0 Å². The maximum Gasteiger partial charge on any atom is 0.125 e. The van der Waals surface area contributed by atoms with Gasteiger partial charge < -0.3 is 4.57 Å². The van der Waals surface area contributed by atoms with Crippen LogP contribution in [0.1, 0.15) is 0 Å². The molecule has 0 bridgehead atoms. The topological polar surface area (TPSA) is 17.8 Å². The van der Waals surface area contributed by atoms with Crippen molar-refractivity contribution < 1.29 is 0 Å². The summed E-state index contributed by atoms with van der Waals surface area (Å²) in [5.41, 5.74) is 11.9. The van der Waals surface area contributed by atoms with Crippen LogP contribution >= 0.6 is 11.3 Å². The number of benzene rings is 7. The smallest absolute Gasteiger partial charge is 0.125 e. The van der Waals surface area contributed by atoms with Crippen molar-refractivity contribution in [3.05, 3.63) is 170 Å². The van der Waals surface area contributed by atoms with Gasteiger partial charge >= 0.3 is 0 Å². The molecule has 0 aliphatic carbocycles. The molecule has 224 valence electrons. The predicted octanol–water partition coefficient (Wildman–Crippen LogP) is 12.7. The van der Waals surface area contributed by atoms with E-state index < -0.39 is 0 Å². The Morgan fingerprint density at radius 3 is 1.69 bits per heavy atom. The summed E-state index contributed by atoms with van der Waals surface area (Å²) in [6, 6.07) is 61.5. The monoisotopic (exact) mass is 628 g/mol. The number of thiophene rings is 1. The van der Waals surface area contributed by atoms with Crippen molar-refractivity contribution in [1.29, 1.82) is 0 Å². The highest BCUT2D eigenvalue weighted by atomic mass is 32.1. The molecule has 0 N–H and O–H groups in total. The lowest BCUT2D eigenvalue weighted by atomic mass is 9.96. The minimum atomic E-state index is 1.02. The number of nitrogens with zero attached hydrogens (tertiary/aromatic N) is 2. The third-order valence-electron chi connectivity index (χ3n) is 9.59. The fraction of sp³-hybridized carbons (Fsp3) is 0. The first kappa shape index (κ1) is 27.1. The molecule has 0 fully saturated rings. The van der Waals surface area contributed by atoms with Crippen LogP contribution in [0.15, 0.2) is 170 Å². The van der Waals surface area contributed by atoms with Gasteiger partial charge in [0, 0.05) is 42.9 Å². The van der Waals surface area contributed by atoms with Gasteiger partial charge in [-0.2, -0.15) is 0 Å². The SMILES string of the molecule is c1ccc(-c2ccc3c(c2)c2cc(-c4ccccc4)ccc2n3-c2cccc(-c3c4ccccc4nc4sc5ccccc5c34)c2)cc1. The lowest BCUT2D eigenvalue weighted by Crippen LogP contribution is -1.95. The van der Waals surface area contributed by atoms with E-state index in [0.29, 0.717) is 0 Å². The fourth-order valence-corrected chi connectivity index (χ4v) is 8.49. The van der Waals surface area contributed by atoms with E-state index in [9.17, 15) is 0 Å². The van der Waals surface area contributed by atoms with Crippen LogP contribution in [0.2, 0.25) is 0 Å². The first-order valence-electron chi connectivity index (χ1n) is 16.3. The molecule has 7 aromatic carbocycles. The number of para-hydroxylation sites is 1. The van der Waals surface area contributed by atoms with E-state index in [0.717, 1.165) is 16.0 Å². The number of aromatic nitrogens is 2. The van der Waals surface area contributed by atoms with Gasteiger partial charge in [-0.1, -0.05) is 121 Å². The van der Waals surface area contributed by atoms with E-state index in [-0.39, 0.29) is 0 Å². The Morgan fingerprint density at radius 1 is 0.417 bits per heavy atom. The van der Waals surface area contributed by atoms with Crippen LogP contribution in [-0.4, -0.2) is 9.55 Å². The average molecular weight is 629 g/mol. The summed E-state index contributed by atoms with van der Waals surface area (Å²) in [6.07, 6.45) is 0. The van der Waals surface area contributed by atoms with E-state index in [1.165, 1.54) is 76.0 Å². The highest BCUT2D eigenvalue weighted by Crippen LogP contribution is 2.44. The summed E-state index contributed by atoms with van der Waals surface area (Å²) >= 11 is 1.77. The number of rotatable bonds is 4. The molecule has 3 heteroatoms. The molecule has 3 aromatic heterocycles. The number of fused-ring (bicyclic) bond motifs is 7. The number of pyridine rings is 1. The van der Waals surface area contributed by atoms with Crippen LogP contribution in [0.5, 0.6) is 0 Å². The van der Waals surface area contributed by atoms with Gasteiger partial charge in [0.1, 0.15) is 4.83 Å². The average Bonchev–Trinajstić information content (AvgIpc) is 3.69. The highest BCUT2D eigenvalue weighted by molar-refractivity contribution is 7.25. The third-order valence-corrected chi connectivity index (χ3v) is 10.7. The van der Waals surface area contributed by atoms with Gasteiger partial charge in [0.25, 0.3) is 0 Å². The summed E-state index contributed by atoms with van der Waals surface area (Å²) in [5, 5.41) is 6.15. The molecule has 0 spiro atoms. The second kappa shape index (κ2) is 10.8. The standard InChI is InChI=1S/C45H28N2S/c1-3-12-29(13-4-1)31-22-24-40-37(27-31)38-28-32(30-14-5-2-6-15-30)23-25-41(38)47(40)34-17-11-16-33(26-34)43-35-18-7-9-20-39(35)46-45-44(43)36-19-8-10-21-42(36)48-45/h1-28H. The zero-order valence-electron chi connectivity index (χ0n) is 26.0. The van der Waals surface area contributed by atoms with Crippen LogP contribution in [-0.2, 0) is 0 Å². The summed E-state index contributed by atoms with van der Waals surface area (Å²) in [7, 11) is 0. The summed E-state index contributed by atoms with van der Waals surface area (Å²) in [6.45, 7) is 0. The Kier molecular flexibility index (Phi) is 6.08. The molecule has 0 aliphatic heterocycles. The Hall–Kier alpha value is -6.03. The zero-order valence-corrected chi connectivity index (χ0v) is 26.8. The quantitative estimate of drug-likeness (QED) is 0.190. The van der Waals surface area contributed by atoms with Gasteiger partial charge in [-0.05, 0) is 76.3 Å². The molecule has 2 nitrogen and oxygen atoms in total. The minimum Gasteiger partial charge on any atom is -0.309 e. The van der Waals surface area contributed by atoms with Crippen molar-refractivity contribution in [3.63, 3.8) is 0 Å². The van der Waals surface area contributed by atoms with E-state index in [1.807, 2.05) is 0 Å². The van der Waals surface area contributed by atoms with Crippen LogP contribution in [0.3, 0.4) is 0 Å². The molecular weight excluding hydrogens is 601 g/mol. The minimum absolute atomic E-state index is 1.02. The second-order valence-corrected chi connectivity index (χ2v) is 13.4. The molecule has 0 saturated heterocycles. The van der Waals surface area contributed by atoms with Crippen LogP contribution < -0.4 is 0 Å². The summed E-state index contributed by atoms with van der Waals surface area (Å²) in [5.74, 6) is 0. The number of hydrogen-bond acceptors (Lipinski definition) is 2. The highest BCUT2D eigenvalue weighted by Gasteiger charge is 2.19. The van der Waals surface area contributed by atoms with Gasteiger partial charge in [0.15, 0.2) is 0 Å². The van der Waals surface area contributed by atoms with Gasteiger partial charge in [-0.25, -0.2) is 4.98 Å². The van der Waals surface area contributed by atoms with Crippen LogP contribution in [0.25, 0.3) is 92.1 Å². The van der Waals surface area contributed by atoms with Crippen molar-refractivity contribution >= 4 is 64.3 Å². The Labute approximate surface area is 281 Å². The first-order chi connectivity index (χ1) is 23.8. The first-order valence-corrected chi connectivity index (χ1v) is 17.1. The van der Waals surface area contributed by atoms with Gasteiger partial charge in [0.2, 0.25) is 0 Å². The van der Waals surface area contributed by atoms with Gasteiger partial charge in [-0.15, -0.1) is 11.3 Å². The maximum absolute atomic E-state index is 5.13. The molecule has 0 atom stereocenters. The molecule has 0 aliphatic rings. The molecule has 0 unspecified atom stereocenters. The molecule has 0 radical (unpaired) electrons. The van der Waals surface area contributed by atoms with Crippen LogP contribution in [0, 0.1) is 0 Å². The van der Waals surface area contributed by atoms with Crippen molar-refractivity contribution in [3.8, 4) is 39.1 Å².